The molecule has 0 bridgehead atoms. The molecule has 0 spiro atoms. The van der Waals surface area contributed by atoms with Crippen LogP contribution in [0.4, 0.5) is 0 Å². The molecule has 3 N–H and O–H groups in total. The van der Waals surface area contributed by atoms with E-state index in [-0.39, 0.29) is 17.9 Å². The van der Waals surface area contributed by atoms with Gasteiger partial charge in [-0.1, -0.05) is 20.3 Å². The summed E-state index contributed by atoms with van der Waals surface area (Å²) in [5.41, 5.74) is 5.80. The van der Waals surface area contributed by atoms with Gasteiger partial charge in [-0.05, 0) is 18.8 Å². The Morgan fingerprint density at radius 3 is 2.93 bits per heavy atom. The van der Waals surface area contributed by atoms with E-state index >= 15 is 0 Å². The smallest absolute Gasteiger partial charge is 0.237 e. The van der Waals surface area contributed by atoms with E-state index in [1.807, 2.05) is 13.8 Å². The van der Waals surface area contributed by atoms with Crippen LogP contribution >= 0.6 is 0 Å². The number of carbonyl (C=O) groups is 1. The van der Waals surface area contributed by atoms with Crippen LogP contribution in [0.15, 0.2) is 0 Å². The predicted octanol–water partition coefficient (Wildman–Crippen LogP) is 0.655. The zero-order chi connectivity index (χ0) is 11.3. The van der Waals surface area contributed by atoms with Gasteiger partial charge in [0.15, 0.2) is 0 Å². The second kappa shape index (κ2) is 6.08. The lowest BCUT2D eigenvalue weighted by Gasteiger charge is -2.19. The highest BCUT2D eigenvalue weighted by Gasteiger charge is 2.21. The maximum absolute atomic E-state index is 11.6. The van der Waals surface area contributed by atoms with Gasteiger partial charge < -0.3 is 15.8 Å². The molecule has 1 unspecified atom stereocenters. The van der Waals surface area contributed by atoms with Crippen molar-refractivity contribution in [2.75, 3.05) is 13.2 Å². The molecule has 0 saturated carbocycles. The van der Waals surface area contributed by atoms with Crippen molar-refractivity contribution in [2.24, 2.45) is 11.7 Å². The van der Waals surface area contributed by atoms with Gasteiger partial charge >= 0.3 is 0 Å². The predicted molar refractivity (Wildman–Crippen MR) is 59.4 cm³/mol. The van der Waals surface area contributed by atoms with Crippen molar-refractivity contribution in [1.29, 1.82) is 0 Å². The molecule has 1 rings (SSSR count). The van der Waals surface area contributed by atoms with Crippen LogP contribution in [-0.2, 0) is 9.53 Å². The van der Waals surface area contributed by atoms with Crippen LogP contribution in [0, 0.1) is 5.92 Å². The van der Waals surface area contributed by atoms with Crippen molar-refractivity contribution in [2.45, 2.75) is 45.3 Å². The van der Waals surface area contributed by atoms with Gasteiger partial charge in [0.05, 0.1) is 12.1 Å². The summed E-state index contributed by atoms with van der Waals surface area (Å²) in [7, 11) is 0. The number of nitrogens with one attached hydrogen (secondary N) is 1. The molecule has 15 heavy (non-hydrogen) atoms. The van der Waals surface area contributed by atoms with E-state index in [0.717, 1.165) is 25.9 Å². The highest BCUT2D eigenvalue weighted by molar-refractivity contribution is 5.81. The van der Waals surface area contributed by atoms with Crippen LogP contribution in [-0.4, -0.2) is 31.2 Å². The first-order valence-electron chi connectivity index (χ1n) is 5.80. The van der Waals surface area contributed by atoms with E-state index in [0.29, 0.717) is 6.54 Å². The van der Waals surface area contributed by atoms with Gasteiger partial charge in [0.2, 0.25) is 5.91 Å². The molecule has 0 aromatic rings. The molecule has 1 fully saturated rings. The Morgan fingerprint density at radius 1 is 1.67 bits per heavy atom. The molecule has 3 atom stereocenters. The lowest BCUT2D eigenvalue weighted by atomic mass is 9.99. The minimum atomic E-state index is -0.392. The van der Waals surface area contributed by atoms with Crippen LogP contribution in [0.1, 0.15) is 33.1 Å². The van der Waals surface area contributed by atoms with Gasteiger partial charge in [0.1, 0.15) is 0 Å². The largest absolute Gasteiger partial charge is 0.376 e. The van der Waals surface area contributed by atoms with Gasteiger partial charge in [-0.15, -0.1) is 0 Å². The Kier molecular flexibility index (Phi) is 5.05. The highest BCUT2D eigenvalue weighted by Crippen LogP contribution is 2.11. The Labute approximate surface area is 91.5 Å². The van der Waals surface area contributed by atoms with Crippen molar-refractivity contribution >= 4 is 5.91 Å². The topological polar surface area (TPSA) is 64.4 Å². The standard InChI is InChI=1S/C11H22N2O2/c1-3-8(2)10(12)11(14)13-7-9-5-4-6-15-9/h8-10H,3-7,12H2,1-2H3,(H,13,14)/t8-,9?,10-/m0/s1. The quantitative estimate of drug-likeness (QED) is 0.706. The van der Waals surface area contributed by atoms with Crippen LogP contribution in [0.5, 0.6) is 0 Å². The molecule has 1 aliphatic rings. The Morgan fingerprint density at radius 2 is 2.40 bits per heavy atom. The second-order valence-corrected chi connectivity index (χ2v) is 4.29. The zero-order valence-electron chi connectivity index (χ0n) is 9.66. The molecule has 0 radical (unpaired) electrons. The minimum absolute atomic E-state index is 0.0557. The molecule has 4 heteroatoms. The average molecular weight is 214 g/mol. The Hall–Kier alpha value is -0.610. The highest BCUT2D eigenvalue weighted by atomic mass is 16.5. The summed E-state index contributed by atoms with van der Waals surface area (Å²) in [4.78, 5) is 11.6. The van der Waals surface area contributed by atoms with E-state index in [2.05, 4.69) is 5.32 Å². The Bertz CT molecular complexity index is 203. The average Bonchev–Trinajstić information content (AvgIpc) is 2.76. The first-order valence-corrected chi connectivity index (χ1v) is 5.80. The molecule has 1 aliphatic heterocycles. The van der Waals surface area contributed by atoms with Gasteiger partial charge in [-0.25, -0.2) is 0 Å². The summed E-state index contributed by atoms with van der Waals surface area (Å²) >= 11 is 0. The summed E-state index contributed by atoms with van der Waals surface area (Å²) in [6.45, 7) is 5.45. The number of rotatable bonds is 5. The number of hydrogen-bond acceptors (Lipinski definition) is 3. The normalized spacial score (nSPS) is 24.9. The van der Waals surface area contributed by atoms with Gasteiger partial charge in [0.25, 0.3) is 0 Å². The van der Waals surface area contributed by atoms with E-state index in [9.17, 15) is 4.79 Å². The molecular weight excluding hydrogens is 192 g/mol. The maximum Gasteiger partial charge on any atom is 0.237 e. The van der Waals surface area contributed by atoms with Gasteiger partial charge in [-0.3, -0.25) is 4.79 Å². The third-order valence-corrected chi connectivity index (χ3v) is 3.09. The first-order chi connectivity index (χ1) is 7.15. The summed E-state index contributed by atoms with van der Waals surface area (Å²) in [5, 5.41) is 2.85. The van der Waals surface area contributed by atoms with E-state index in [1.165, 1.54) is 0 Å². The number of ether oxygens (including phenoxy) is 1. The van der Waals surface area contributed by atoms with Crippen LogP contribution < -0.4 is 11.1 Å². The molecule has 0 aliphatic carbocycles. The molecule has 0 aromatic heterocycles. The van der Waals surface area contributed by atoms with Crippen molar-refractivity contribution in [3.8, 4) is 0 Å². The van der Waals surface area contributed by atoms with Crippen LogP contribution in [0.25, 0.3) is 0 Å². The fourth-order valence-corrected chi connectivity index (χ4v) is 1.65. The molecule has 1 amide bonds. The molecule has 0 aromatic carbocycles. The summed E-state index contributed by atoms with van der Waals surface area (Å²) in [6, 6.07) is -0.392. The summed E-state index contributed by atoms with van der Waals surface area (Å²) < 4.78 is 5.41. The molecule has 88 valence electrons. The lowest BCUT2D eigenvalue weighted by Crippen LogP contribution is -2.46. The number of carbonyl (C=O) groups excluding carboxylic acids is 1. The summed E-state index contributed by atoms with van der Waals surface area (Å²) in [6.07, 6.45) is 3.25. The fraction of sp³-hybridized carbons (Fsp3) is 0.909. The number of hydrogen-bond donors (Lipinski definition) is 2. The molecule has 1 saturated heterocycles. The molecule has 1 heterocycles. The van der Waals surface area contributed by atoms with Gasteiger partial charge in [-0.2, -0.15) is 0 Å². The number of amides is 1. The van der Waals surface area contributed by atoms with Crippen molar-refractivity contribution in [3.63, 3.8) is 0 Å². The van der Waals surface area contributed by atoms with E-state index in [1.54, 1.807) is 0 Å². The zero-order valence-corrected chi connectivity index (χ0v) is 9.66. The van der Waals surface area contributed by atoms with Crippen molar-refractivity contribution in [1.82, 2.24) is 5.32 Å². The minimum Gasteiger partial charge on any atom is -0.376 e. The van der Waals surface area contributed by atoms with Crippen LogP contribution in [0.2, 0.25) is 0 Å². The summed E-state index contributed by atoms with van der Waals surface area (Å²) in [5.74, 6) is 0.175. The third-order valence-electron chi connectivity index (χ3n) is 3.09. The number of nitrogens with two attached hydrogens (primary N) is 1. The van der Waals surface area contributed by atoms with Crippen molar-refractivity contribution < 1.29 is 9.53 Å². The van der Waals surface area contributed by atoms with E-state index in [4.69, 9.17) is 10.5 Å². The monoisotopic (exact) mass is 214 g/mol. The molecule has 4 nitrogen and oxygen atoms in total. The SMILES string of the molecule is CC[C@H](C)[C@H](N)C(=O)NCC1CCCO1. The van der Waals surface area contributed by atoms with Gasteiger partial charge in [0, 0.05) is 13.2 Å². The van der Waals surface area contributed by atoms with E-state index < -0.39 is 6.04 Å². The fourth-order valence-electron chi connectivity index (χ4n) is 1.65. The molecular formula is C11H22N2O2. The van der Waals surface area contributed by atoms with Crippen LogP contribution in [0.3, 0.4) is 0 Å². The second-order valence-electron chi connectivity index (χ2n) is 4.29. The third kappa shape index (κ3) is 3.80. The van der Waals surface area contributed by atoms with Crippen molar-refractivity contribution in [3.05, 3.63) is 0 Å². The first kappa shape index (κ1) is 12.5. The lowest BCUT2D eigenvalue weighted by molar-refractivity contribution is -0.123. The Balaban J connectivity index is 2.22. The maximum atomic E-state index is 11.6.